The summed E-state index contributed by atoms with van der Waals surface area (Å²) in [7, 11) is 0. The molecular weight excluding hydrogens is 719 g/mol. The van der Waals surface area contributed by atoms with Crippen molar-refractivity contribution in [1.29, 1.82) is 0 Å². The van der Waals surface area contributed by atoms with Crippen molar-refractivity contribution in [2.75, 3.05) is 4.90 Å². The Bertz CT molecular complexity index is 3540. The largest absolute Gasteiger partial charge is 0.456 e. The third kappa shape index (κ3) is 5.44. The smallest absolute Gasteiger partial charge is 0.145 e. The molecule has 0 atom stereocenters. The van der Waals surface area contributed by atoms with Crippen LogP contribution in [-0.4, -0.2) is 0 Å². The second kappa shape index (κ2) is 13.4. The Hall–Kier alpha value is -7.88. The van der Waals surface area contributed by atoms with Crippen molar-refractivity contribution in [2.45, 2.75) is 0 Å². The minimum absolute atomic E-state index is 0.835. The second-order valence-electron chi connectivity index (χ2n) is 15.2. The van der Waals surface area contributed by atoms with Crippen LogP contribution >= 0.6 is 0 Å². The van der Waals surface area contributed by atoms with Crippen LogP contribution in [0, 0.1) is 0 Å². The molecule has 0 saturated carbocycles. The molecule has 0 saturated heterocycles. The van der Waals surface area contributed by atoms with E-state index in [1.807, 2.05) is 12.1 Å². The highest BCUT2D eigenvalue weighted by Crippen LogP contribution is 2.50. The van der Waals surface area contributed by atoms with Gasteiger partial charge in [0, 0.05) is 22.0 Å². The van der Waals surface area contributed by atoms with Crippen LogP contribution in [0.3, 0.4) is 0 Å². The first-order valence-corrected chi connectivity index (χ1v) is 20.1. The average Bonchev–Trinajstić information content (AvgIpc) is 3.89. The number of fused-ring (bicyclic) bond motifs is 9. The van der Waals surface area contributed by atoms with E-state index in [1.54, 1.807) is 0 Å². The molecular formula is C56H35NO2. The lowest BCUT2D eigenvalue weighted by atomic mass is 9.96. The van der Waals surface area contributed by atoms with E-state index in [9.17, 15) is 0 Å². The highest BCUT2D eigenvalue weighted by Gasteiger charge is 2.26. The van der Waals surface area contributed by atoms with E-state index in [1.165, 1.54) is 27.1 Å². The Morgan fingerprint density at radius 3 is 1.68 bits per heavy atom. The molecule has 0 N–H and O–H groups in total. The quantitative estimate of drug-likeness (QED) is 0.158. The summed E-state index contributed by atoms with van der Waals surface area (Å²) in [6, 6.07) is 75.7. The van der Waals surface area contributed by atoms with Crippen molar-refractivity contribution < 1.29 is 8.83 Å². The molecule has 2 heterocycles. The zero-order valence-electron chi connectivity index (χ0n) is 32.0. The third-order valence-corrected chi connectivity index (χ3v) is 11.8. The van der Waals surface area contributed by atoms with Gasteiger partial charge < -0.3 is 13.7 Å². The van der Waals surface area contributed by atoms with Crippen molar-refractivity contribution in [3.63, 3.8) is 0 Å². The molecule has 3 heteroatoms. The molecule has 276 valence electrons. The molecule has 3 nitrogen and oxygen atoms in total. The number of para-hydroxylation sites is 2. The molecule has 12 aromatic rings. The van der Waals surface area contributed by atoms with Crippen LogP contribution in [0.1, 0.15) is 0 Å². The first-order chi connectivity index (χ1) is 29.2. The Labute approximate surface area is 340 Å². The van der Waals surface area contributed by atoms with Crippen LogP contribution in [0.2, 0.25) is 0 Å². The number of hydrogen-bond donors (Lipinski definition) is 0. The van der Waals surface area contributed by atoms with Gasteiger partial charge in [-0.3, -0.25) is 0 Å². The summed E-state index contributed by atoms with van der Waals surface area (Å²) in [4.78, 5) is 2.41. The molecule has 0 amide bonds. The lowest BCUT2D eigenvalue weighted by Crippen LogP contribution is -2.11. The number of rotatable bonds is 6. The van der Waals surface area contributed by atoms with Crippen LogP contribution in [0.4, 0.5) is 17.1 Å². The summed E-state index contributed by atoms with van der Waals surface area (Å²) in [5.41, 5.74) is 13.1. The van der Waals surface area contributed by atoms with E-state index >= 15 is 0 Å². The number of nitrogens with zero attached hydrogens (tertiary/aromatic N) is 1. The SMILES string of the molecule is c1ccc(-c2cc(N(c3ccc(-c4ccc5c(ccc6ccccc65)c4)cc3)c3ccc(-c4ccccc4)c4oc5ccccc5c34)c3c(c2)oc2ccccc23)cc1. The molecule has 59 heavy (non-hydrogen) atoms. The zero-order chi connectivity index (χ0) is 38.9. The van der Waals surface area contributed by atoms with Gasteiger partial charge >= 0.3 is 0 Å². The minimum atomic E-state index is 0.835. The summed E-state index contributed by atoms with van der Waals surface area (Å²) >= 11 is 0. The van der Waals surface area contributed by atoms with Crippen LogP contribution in [0.15, 0.2) is 221 Å². The Balaban J connectivity index is 1.12. The van der Waals surface area contributed by atoms with Crippen molar-refractivity contribution in [3.05, 3.63) is 212 Å². The predicted octanol–water partition coefficient (Wildman–Crippen LogP) is 16.3. The predicted molar refractivity (Wildman–Crippen MR) is 247 cm³/mol. The zero-order valence-corrected chi connectivity index (χ0v) is 32.0. The molecule has 0 aliphatic heterocycles. The molecule has 0 aliphatic carbocycles. The van der Waals surface area contributed by atoms with Gasteiger partial charge in [0.2, 0.25) is 0 Å². The van der Waals surface area contributed by atoms with Crippen molar-refractivity contribution in [2.24, 2.45) is 0 Å². The molecule has 12 rings (SSSR count). The second-order valence-corrected chi connectivity index (χ2v) is 15.2. The van der Waals surface area contributed by atoms with Gasteiger partial charge in [0.05, 0.1) is 22.1 Å². The Morgan fingerprint density at radius 1 is 0.305 bits per heavy atom. The summed E-state index contributed by atoms with van der Waals surface area (Å²) in [5.74, 6) is 0. The normalized spacial score (nSPS) is 11.7. The van der Waals surface area contributed by atoms with Crippen LogP contribution < -0.4 is 4.90 Å². The minimum Gasteiger partial charge on any atom is -0.456 e. The summed E-state index contributed by atoms with van der Waals surface area (Å²) in [6.07, 6.45) is 0. The van der Waals surface area contributed by atoms with Crippen LogP contribution in [0.5, 0.6) is 0 Å². The van der Waals surface area contributed by atoms with E-state index in [4.69, 9.17) is 8.83 Å². The maximum atomic E-state index is 6.83. The fourth-order valence-corrected chi connectivity index (χ4v) is 9.05. The van der Waals surface area contributed by atoms with Gasteiger partial charge in [-0.25, -0.2) is 0 Å². The van der Waals surface area contributed by atoms with Crippen LogP contribution in [-0.2, 0) is 0 Å². The first kappa shape index (κ1) is 33.3. The van der Waals surface area contributed by atoms with E-state index < -0.39 is 0 Å². The van der Waals surface area contributed by atoms with Crippen LogP contribution in [0.25, 0.3) is 98.8 Å². The van der Waals surface area contributed by atoms with Gasteiger partial charge in [0.15, 0.2) is 0 Å². The average molecular weight is 754 g/mol. The molecule has 0 aliphatic rings. The third-order valence-electron chi connectivity index (χ3n) is 11.8. The molecule has 0 spiro atoms. The van der Waals surface area contributed by atoms with Gasteiger partial charge in [-0.05, 0) is 104 Å². The number of furan rings is 2. The van der Waals surface area contributed by atoms with E-state index in [0.717, 1.165) is 88.8 Å². The molecule has 10 aromatic carbocycles. The van der Waals surface area contributed by atoms with E-state index in [-0.39, 0.29) is 0 Å². The Kier molecular flexibility index (Phi) is 7.54. The number of hydrogen-bond acceptors (Lipinski definition) is 3. The lowest BCUT2D eigenvalue weighted by molar-refractivity contribution is 0.669. The fourth-order valence-electron chi connectivity index (χ4n) is 9.05. The molecule has 0 bridgehead atoms. The first-order valence-electron chi connectivity index (χ1n) is 20.1. The van der Waals surface area contributed by atoms with Gasteiger partial charge in [-0.15, -0.1) is 0 Å². The summed E-state index contributed by atoms with van der Waals surface area (Å²) < 4.78 is 13.5. The van der Waals surface area contributed by atoms with Gasteiger partial charge in [-0.1, -0.05) is 158 Å². The van der Waals surface area contributed by atoms with Gasteiger partial charge in [-0.2, -0.15) is 0 Å². The highest BCUT2D eigenvalue weighted by molar-refractivity contribution is 6.20. The number of benzene rings is 10. The lowest BCUT2D eigenvalue weighted by Gasteiger charge is -2.28. The molecule has 0 radical (unpaired) electrons. The monoisotopic (exact) mass is 753 g/mol. The van der Waals surface area contributed by atoms with E-state index in [2.05, 4.69) is 205 Å². The standard InChI is InChI=1S/C56H35NO2/c1-3-13-36(14-4-1)42-34-50(54-47-19-9-11-21-51(47)58-53(54)35-42)57(49-32-31-46(38-15-5-2-6-16-38)56-55(49)48-20-10-12-22-52(48)59-56)43-28-25-37(26-29-43)40-27-30-45-41(33-40)24-23-39-17-7-8-18-44(39)45/h1-35H. The van der Waals surface area contributed by atoms with Gasteiger partial charge in [0.1, 0.15) is 22.3 Å². The number of anilines is 3. The maximum absolute atomic E-state index is 6.83. The summed E-state index contributed by atoms with van der Waals surface area (Å²) in [6.45, 7) is 0. The fraction of sp³-hybridized carbons (Fsp3) is 0. The maximum Gasteiger partial charge on any atom is 0.145 e. The van der Waals surface area contributed by atoms with Gasteiger partial charge in [0.25, 0.3) is 0 Å². The van der Waals surface area contributed by atoms with E-state index in [0.29, 0.717) is 0 Å². The van der Waals surface area contributed by atoms with Crippen molar-refractivity contribution in [3.8, 4) is 33.4 Å². The molecule has 0 fully saturated rings. The van der Waals surface area contributed by atoms with Crippen molar-refractivity contribution in [1.82, 2.24) is 0 Å². The topological polar surface area (TPSA) is 29.5 Å². The summed E-state index contributed by atoms with van der Waals surface area (Å²) in [5, 5.41) is 9.26. The molecule has 0 unspecified atom stereocenters. The van der Waals surface area contributed by atoms with Crippen molar-refractivity contribution >= 4 is 82.5 Å². The Morgan fingerprint density at radius 2 is 0.898 bits per heavy atom. The highest BCUT2D eigenvalue weighted by atomic mass is 16.3. The molecule has 2 aromatic heterocycles.